The van der Waals surface area contributed by atoms with E-state index in [0.29, 0.717) is 6.42 Å². The predicted molar refractivity (Wildman–Crippen MR) is 214 cm³/mol. The van der Waals surface area contributed by atoms with Crippen molar-refractivity contribution in [3.63, 3.8) is 0 Å². The smallest absolute Gasteiger partial charge is 0.306 e. The van der Waals surface area contributed by atoms with E-state index in [9.17, 15) is 9.90 Å². The van der Waals surface area contributed by atoms with Gasteiger partial charge in [0.25, 0.3) is 0 Å². The van der Waals surface area contributed by atoms with Crippen molar-refractivity contribution in [3.8, 4) is 0 Å². The Labute approximate surface area is 307 Å². The van der Waals surface area contributed by atoms with E-state index in [0.717, 1.165) is 58.5 Å². The third-order valence-corrected chi connectivity index (χ3v) is 10.2. The Balaban J connectivity index is 3.87. The molecule has 0 saturated heterocycles. The maximum absolute atomic E-state index is 12.7. The Morgan fingerprint density at radius 3 is 1.27 bits per heavy atom. The Kier molecular flexibility index (Phi) is 41.2. The van der Waals surface area contributed by atoms with Gasteiger partial charge >= 0.3 is 5.97 Å². The van der Waals surface area contributed by atoms with Gasteiger partial charge in [0.1, 0.15) is 6.10 Å². The molecular formula is C44H89NO4. The molecule has 0 saturated carbocycles. The fourth-order valence-corrected chi connectivity index (χ4v) is 6.93. The second-order valence-corrected chi connectivity index (χ2v) is 15.2. The van der Waals surface area contributed by atoms with Gasteiger partial charge in [-0.05, 0) is 70.9 Å². The molecule has 5 nitrogen and oxygen atoms in total. The second kappa shape index (κ2) is 41.8. The number of nitrogens with zero attached hydrogens (tertiary/aromatic N) is 1. The number of aliphatic hydroxyl groups is 1. The molecule has 0 aromatic rings. The SMILES string of the molecule is CCCCCCCCCCCOCCCCCCN(CCO)CCCCCCCC(=O)OC(CCCCCCCC)CCCCCCCC. The van der Waals surface area contributed by atoms with Crippen LogP contribution in [0.4, 0.5) is 0 Å². The summed E-state index contributed by atoms with van der Waals surface area (Å²) in [5.74, 6) is 0.0291. The number of hydrogen-bond donors (Lipinski definition) is 1. The number of rotatable bonds is 42. The normalized spacial score (nSPS) is 11.7. The molecule has 0 aliphatic rings. The minimum Gasteiger partial charge on any atom is -0.462 e. The largest absolute Gasteiger partial charge is 0.462 e. The summed E-state index contributed by atoms with van der Waals surface area (Å²) in [6.45, 7) is 11.8. The van der Waals surface area contributed by atoms with Crippen LogP contribution in [0, 0.1) is 0 Å². The minimum absolute atomic E-state index is 0.0291. The quantitative estimate of drug-likeness (QED) is 0.0509. The molecule has 0 unspecified atom stereocenters. The van der Waals surface area contributed by atoms with E-state index in [1.807, 2.05) is 0 Å². The first-order chi connectivity index (χ1) is 24.2. The van der Waals surface area contributed by atoms with Gasteiger partial charge in [-0.25, -0.2) is 0 Å². The lowest BCUT2D eigenvalue weighted by Gasteiger charge is -2.21. The second-order valence-electron chi connectivity index (χ2n) is 15.2. The average Bonchev–Trinajstić information content (AvgIpc) is 3.10. The highest BCUT2D eigenvalue weighted by Gasteiger charge is 2.14. The highest BCUT2D eigenvalue weighted by molar-refractivity contribution is 5.69. The Morgan fingerprint density at radius 2 is 0.837 bits per heavy atom. The first kappa shape index (κ1) is 48.3. The fraction of sp³-hybridized carbons (Fsp3) is 0.977. The van der Waals surface area contributed by atoms with Gasteiger partial charge in [0.05, 0.1) is 6.61 Å². The van der Waals surface area contributed by atoms with Crippen molar-refractivity contribution in [2.75, 3.05) is 39.5 Å². The summed E-state index contributed by atoms with van der Waals surface area (Å²) >= 11 is 0. The predicted octanol–water partition coefficient (Wildman–Crippen LogP) is 13.1. The molecule has 0 aliphatic carbocycles. The Morgan fingerprint density at radius 1 is 0.469 bits per heavy atom. The van der Waals surface area contributed by atoms with E-state index >= 15 is 0 Å². The van der Waals surface area contributed by atoms with Crippen molar-refractivity contribution in [1.29, 1.82) is 0 Å². The zero-order valence-electron chi connectivity index (χ0n) is 33.8. The molecule has 294 valence electrons. The fourth-order valence-electron chi connectivity index (χ4n) is 6.93. The first-order valence-electron chi connectivity index (χ1n) is 22.3. The molecule has 0 amide bonds. The van der Waals surface area contributed by atoms with Gasteiger partial charge in [-0.1, -0.05) is 168 Å². The van der Waals surface area contributed by atoms with Crippen molar-refractivity contribution < 1.29 is 19.4 Å². The van der Waals surface area contributed by atoms with Crippen LogP contribution < -0.4 is 0 Å². The standard InChI is InChI=1S/C44H89NO4/c1-4-7-10-13-16-17-18-25-32-41-48-42-33-26-24-31-38-45(39-40-46)37-30-23-19-22-29-36-44(47)49-43(34-27-20-14-11-8-5-2)35-28-21-15-12-9-6-3/h43,46H,4-42H2,1-3H3. The van der Waals surface area contributed by atoms with Gasteiger partial charge in [-0.2, -0.15) is 0 Å². The van der Waals surface area contributed by atoms with Crippen LogP contribution in [-0.4, -0.2) is 61.5 Å². The maximum Gasteiger partial charge on any atom is 0.306 e. The number of ether oxygens (including phenoxy) is 2. The molecule has 0 fully saturated rings. The van der Waals surface area contributed by atoms with Gasteiger partial charge in [0, 0.05) is 26.2 Å². The van der Waals surface area contributed by atoms with E-state index in [1.54, 1.807) is 0 Å². The molecule has 0 aromatic heterocycles. The van der Waals surface area contributed by atoms with Crippen molar-refractivity contribution in [2.24, 2.45) is 0 Å². The number of aliphatic hydroxyl groups excluding tert-OH is 1. The Hall–Kier alpha value is -0.650. The number of hydrogen-bond acceptors (Lipinski definition) is 5. The molecule has 0 aliphatic heterocycles. The maximum atomic E-state index is 12.7. The summed E-state index contributed by atoms with van der Waals surface area (Å²) in [6.07, 6.45) is 41.1. The van der Waals surface area contributed by atoms with Crippen molar-refractivity contribution in [2.45, 2.75) is 239 Å². The molecule has 0 radical (unpaired) electrons. The van der Waals surface area contributed by atoms with Crippen LogP contribution in [0.1, 0.15) is 233 Å². The monoisotopic (exact) mass is 696 g/mol. The van der Waals surface area contributed by atoms with Crippen molar-refractivity contribution in [3.05, 3.63) is 0 Å². The zero-order valence-corrected chi connectivity index (χ0v) is 33.8. The molecule has 1 N–H and O–H groups in total. The van der Waals surface area contributed by atoms with E-state index < -0.39 is 0 Å². The summed E-state index contributed by atoms with van der Waals surface area (Å²) in [4.78, 5) is 15.1. The average molecular weight is 696 g/mol. The van der Waals surface area contributed by atoms with Gasteiger partial charge < -0.3 is 19.5 Å². The van der Waals surface area contributed by atoms with Crippen LogP contribution >= 0.6 is 0 Å². The molecule has 5 heteroatoms. The van der Waals surface area contributed by atoms with Gasteiger partial charge in [0.15, 0.2) is 0 Å². The minimum atomic E-state index is 0.0291. The van der Waals surface area contributed by atoms with Crippen LogP contribution in [0.2, 0.25) is 0 Å². The lowest BCUT2D eigenvalue weighted by atomic mass is 10.0. The van der Waals surface area contributed by atoms with Crippen LogP contribution in [-0.2, 0) is 14.3 Å². The van der Waals surface area contributed by atoms with Crippen LogP contribution in [0.3, 0.4) is 0 Å². The van der Waals surface area contributed by atoms with Gasteiger partial charge in [-0.15, -0.1) is 0 Å². The molecule has 0 heterocycles. The molecule has 0 spiro atoms. The molecule has 0 atom stereocenters. The first-order valence-corrected chi connectivity index (χ1v) is 22.3. The van der Waals surface area contributed by atoms with Gasteiger partial charge in [-0.3, -0.25) is 4.79 Å². The van der Waals surface area contributed by atoms with Crippen LogP contribution in [0.25, 0.3) is 0 Å². The number of unbranched alkanes of at least 4 members (excludes halogenated alkanes) is 25. The number of carbonyl (C=O) groups excluding carboxylic acids is 1. The van der Waals surface area contributed by atoms with Crippen molar-refractivity contribution >= 4 is 5.97 Å². The van der Waals surface area contributed by atoms with E-state index in [2.05, 4.69) is 25.7 Å². The number of carbonyl (C=O) groups is 1. The third-order valence-electron chi connectivity index (χ3n) is 10.2. The van der Waals surface area contributed by atoms with E-state index in [-0.39, 0.29) is 18.7 Å². The summed E-state index contributed by atoms with van der Waals surface area (Å²) in [5.41, 5.74) is 0. The molecule has 0 rings (SSSR count). The van der Waals surface area contributed by atoms with Gasteiger partial charge in [0.2, 0.25) is 0 Å². The lowest BCUT2D eigenvalue weighted by Crippen LogP contribution is -2.29. The highest BCUT2D eigenvalue weighted by atomic mass is 16.5. The summed E-state index contributed by atoms with van der Waals surface area (Å²) in [7, 11) is 0. The summed E-state index contributed by atoms with van der Waals surface area (Å²) in [6, 6.07) is 0. The van der Waals surface area contributed by atoms with Crippen LogP contribution in [0.15, 0.2) is 0 Å². The molecule has 0 bridgehead atoms. The molecular weight excluding hydrogens is 606 g/mol. The van der Waals surface area contributed by atoms with E-state index in [4.69, 9.17) is 9.47 Å². The lowest BCUT2D eigenvalue weighted by molar-refractivity contribution is -0.150. The summed E-state index contributed by atoms with van der Waals surface area (Å²) in [5, 5.41) is 9.54. The highest BCUT2D eigenvalue weighted by Crippen LogP contribution is 2.18. The topological polar surface area (TPSA) is 59.0 Å². The molecule has 0 aromatic carbocycles. The van der Waals surface area contributed by atoms with Crippen molar-refractivity contribution in [1.82, 2.24) is 4.90 Å². The Bertz CT molecular complexity index is 614. The number of esters is 1. The van der Waals surface area contributed by atoms with E-state index in [1.165, 1.54) is 180 Å². The third kappa shape index (κ3) is 38.4. The molecule has 49 heavy (non-hydrogen) atoms. The summed E-state index contributed by atoms with van der Waals surface area (Å²) < 4.78 is 11.9. The van der Waals surface area contributed by atoms with Crippen LogP contribution in [0.5, 0.6) is 0 Å². The zero-order chi connectivity index (χ0) is 35.7.